The highest BCUT2D eigenvalue weighted by Gasteiger charge is 2.74. The second-order valence-corrected chi connectivity index (χ2v) is 12.6. The number of ether oxygens (including phenoxy) is 2. The Morgan fingerprint density at radius 2 is 1.79 bits per heavy atom. The Labute approximate surface area is 227 Å². The lowest BCUT2D eigenvalue weighted by atomic mass is 9.88. The molecule has 2 amide bonds. The van der Waals surface area contributed by atoms with E-state index in [1.54, 1.807) is 44.2 Å². The molecule has 2 aromatic carbocycles. The van der Waals surface area contributed by atoms with Gasteiger partial charge in [-0.05, 0) is 25.0 Å². The SMILES string of the molecule is CO[C@@H]1C(=O)N2[C@@H]1SC(C)(C)[C@]2(NC(=O)C(c1ccc([N+](=O)[O-])cc1)S(=O)(=O)O)C(=O)OCc1ccccc1. The number of nitro groups is 1. The summed E-state index contributed by atoms with van der Waals surface area (Å²) in [5.74, 6) is -3.00. The number of methoxy groups -OCH3 is 1. The Morgan fingerprint density at radius 1 is 1.18 bits per heavy atom. The highest BCUT2D eigenvalue weighted by Crippen LogP contribution is 2.56. The Hall–Kier alpha value is -3.53. The van der Waals surface area contributed by atoms with Crippen LogP contribution in [0.5, 0.6) is 0 Å². The molecule has 2 heterocycles. The topological polar surface area (TPSA) is 182 Å². The molecule has 13 nitrogen and oxygen atoms in total. The van der Waals surface area contributed by atoms with Gasteiger partial charge in [0.15, 0.2) is 11.4 Å². The van der Waals surface area contributed by atoms with Crippen LogP contribution in [0.2, 0.25) is 0 Å². The van der Waals surface area contributed by atoms with Gasteiger partial charge < -0.3 is 14.8 Å². The van der Waals surface area contributed by atoms with E-state index in [2.05, 4.69) is 5.32 Å². The molecule has 2 aliphatic rings. The minimum Gasteiger partial charge on any atom is -0.458 e. The minimum atomic E-state index is -5.15. The van der Waals surface area contributed by atoms with E-state index in [0.29, 0.717) is 5.56 Å². The fourth-order valence-corrected chi connectivity index (χ4v) is 7.27. The van der Waals surface area contributed by atoms with E-state index in [0.717, 1.165) is 40.9 Å². The van der Waals surface area contributed by atoms with Gasteiger partial charge in [0.1, 0.15) is 12.0 Å². The van der Waals surface area contributed by atoms with Crippen molar-refractivity contribution in [1.82, 2.24) is 10.2 Å². The lowest BCUT2D eigenvalue weighted by Gasteiger charge is -2.49. The van der Waals surface area contributed by atoms with Gasteiger partial charge in [-0.2, -0.15) is 8.42 Å². The molecule has 208 valence electrons. The van der Waals surface area contributed by atoms with Crippen LogP contribution in [0.4, 0.5) is 5.69 Å². The Morgan fingerprint density at radius 3 is 2.33 bits per heavy atom. The number of hydrogen-bond donors (Lipinski definition) is 2. The summed E-state index contributed by atoms with van der Waals surface area (Å²) in [6.45, 7) is 2.95. The molecule has 2 saturated heterocycles. The third-order valence-electron chi connectivity index (χ3n) is 6.65. The van der Waals surface area contributed by atoms with Gasteiger partial charge in [0, 0.05) is 19.2 Å². The van der Waals surface area contributed by atoms with Gasteiger partial charge in [0.25, 0.3) is 21.7 Å². The minimum absolute atomic E-state index is 0.206. The van der Waals surface area contributed by atoms with Crippen LogP contribution in [0.1, 0.15) is 30.2 Å². The lowest BCUT2D eigenvalue weighted by Crippen LogP contribution is -2.79. The summed E-state index contributed by atoms with van der Waals surface area (Å²) >= 11 is 1.15. The largest absolute Gasteiger partial charge is 0.458 e. The summed E-state index contributed by atoms with van der Waals surface area (Å²) in [6, 6.07) is 12.6. The van der Waals surface area contributed by atoms with Crippen LogP contribution in [0.25, 0.3) is 0 Å². The molecule has 0 saturated carbocycles. The molecule has 0 aromatic heterocycles. The maximum atomic E-state index is 13.8. The number of non-ortho nitro benzene ring substituents is 1. The number of nitro benzene ring substituents is 1. The number of carbonyl (C=O) groups excluding carboxylic acids is 3. The van der Waals surface area contributed by atoms with Crippen molar-refractivity contribution in [2.24, 2.45) is 0 Å². The second-order valence-electron chi connectivity index (χ2n) is 9.39. The van der Waals surface area contributed by atoms with Crippen LogP contribution in [-0.4, -0.2) is 69.6 Å². The molecule has 0 aliphatic carbocycles. The smallest absolute Gasteiger partial charge is 0.355 e. The number of thioether (sulfide) groups is 1. The molecule has 0 spiro atoms. The molecule has 2 N–H and O–H groups in total. The molecule has 15 heteroatoms. The number of rotatable bonds is 9. The monoisotopic (exact) mass is 579 g/mol. The zero-order chi connectivity index (χ0) is 28.8. The van der Waals surface area contributed by atoms with E-state index in [-0.39, 0.29) is 17.9 Å². The van der Waals surface area contributed by atoms with E-state index >= 15 is 0 Å². The van der Waals surface area contributed by atoms with Crippen molar-refractivity contribution in [3.63, 3.8) is 0 Å². The normalized spacial score (nSPS) is 24.3. The Balaban J connectivity index is 1.75. The van der Waals surface area contributed by atoms with Gasteiger partial charge in [0.2, 0.25) is 11.6 Å². The van der Waals surface area contributed by atoms with Crippen LogP contribution in [0, 0.1) is 10.1 Å². The molecule has 0 bridgehead atoms. The van der Waals surface area contributed by atoms with Gasteiger partial charge in [0.05, 0.1) is 9.67 Å². The zero-order valence-corrected chi connectivity index (χ0v) is 22.6. The average molecular weight is 580 g/mol. The predicted octanol–water partition coefficient (Wildman–Crippen LogP) is 1.79. The maximum absolute atomic E-state index is 13.8. The van der Waals surface area contributed by atoms with Crippen molar-refractivity contribution in [3.8, 4) is 0 Å². The molecule has 39 heavy (non-hydrogen) atoms. The number of nitrogens with one attached hydrogen (secondary N) is 1. The molecule has 4 rings (SSSR count). The first kappa shape index (κ1) is 28.5. The van der Waals surface area contributed by atoms with Crippen molar-refractivity contribution < 1.29 is 41.8 Å². The number of esters is 1. The molecule has 4 atom stereocenters. The van der Waals surface area contributed by atoms with E-state index in [1.807, 2.05) is 0 Å². The molecular weight excluding hydrogens is 554 g/mol. The first-order chi connectivity index (χ1) is 18.2. The van der Waals surface area contributed by atoms with E-state index in [4.69, 9.17) is 9.47 Å². The fourth-order valence-electron chi connectivity index (χ4n) is 4.71. The highest BCUT2D eigenvalue weighted by atomic mass is 32.2. The van der Waals surface area contributed by atoms with Crippen molar-refractivity contribution in [2.75, 3.05) is 7.11 Å². The molecule has 2 aliphatic heterocycles. The van der Waals surface area contributed by atoms with Gasteiger partial charge in [-0.3, -0.25) is 29.2 Å². The molecular formula is C24H25N3O10S2. The van der Waals surface area contributed by atoms with Gasteiger partial charge >= 0.3 is 5.97 Å². The third-order valence-corrected chi connectivity index (χ3v) is 9.32. The summed E-state index contributed by atoms with van der Waals surface area (Å²) in [4.78, 5) is 51.8. The van der Waals surface area contributed by atoms with Crippen LogP contribution in [0.3, 0.4) is 0 Å². The number of nitrogens with zero attached hydrogens (tertiary/aromatic N) is 2. The molecule has 0 radical (unpaired) electrons. The van der Waals surface area contributed by atoms with E-state index in [1.165, 1.54) is 7.11 Å². The number of amides is 2. The predicted molar refractivity (Wildman–Crippen MR) is 138 cm³/mol. The second kappa shape index (κ2) is 10.2. The highest BCUT2D eigenvalue weighted by molar-refractivity contribution is 8.01. The van der Waals surface area contributed by atoms with Gasteiger partial charge in [-0.1, -0.05) is 42.5 Å². The first-order valence-corrected chi connectivity index (χ1v) is 13.9. The summed E-state index contributed by atoms with van der Waals surface area (Å²) in [5.41, 5.74) is -2.23. The zero-order valence-electron chi connectivity index (χ0n) is 21.0. The number of fused-ring (bicyclic) bond motifs is 1. The summed E-state index contributed by atoms with van der Waals surface area (Å²) in [7, 11) is -3.83. The first-order valence-electron chi connectivity index (χ1n) is 11.5. The third kappa shape index (κ3) is 4.86. The van der Waals surface area contributed by atoms with Crippen LogP contribution >= 0.6 is 11.8 Å². The van der Waals surface area contributed by atoms with Gasteiger partial charge in [-0.15, -0.1) is 11.8 Å². The van der Waals surface area contributed by atoms with Crippen molar-refractivity contribution in [2.45, 2.75) is 47.6 Å². The number of β-lactam (4-membered cyclic amide) rings is 1. The van der Waals surface area contributed by atoms with Crippen LogP contribution in [0.15, 0.2) is 54.6 Å². The average Bonchev–Trinajstić information content (AvgIpc) is 3.06. The van der Waals surface area contributed by atoms with Crippen molar-refractivity contribution in [3.05, 3.63) is 75.8 Å². The number of benzene rings is 2. The summed E-state index contributed by atoms with van der Waals surface area (Å²) < 4.78 is 44.3. The molecule has 2 fully saturated rings. The van der Waals surface area contributed by atoms with Gasteiger partial charge in [-0.25, -0.2) is 4.79 Å². The molecule has 2 aromatic rings. The number of carbonyl (C=O) groups is 3. The van der Waals surface area contributed by atoms with Crippen molar-refractivity contribution >= 4 is 45.4 Å². The van der Waals surface area contributed by atoms with E-state index in [9.17, 15) is 37.5 Å². The standard InChI is InChI=1S/C24H25N3O10S2/c1-23(2)24(26-20(29)17(36-3)21(26)38-23,22(30)37-13-14-7-5-4-6-8-14)25-19(28)18(39(33,34)35)15-9-11-16(12-10-15)27(31)32/h4-12,17-18,21H,13H2,1-3H3,(H,25,28)(H,33,34,35)/t17-,18?,21-,24+/m1/s1. The quantitative estimate of drug-likeness (QED) is 0.145. The molecule has 1 unspecified atom stereocenters. The lowest BCUT2D eigenvalue weighted by molar-refractivity contribution is -0.384. The fraction of sp³-hybridized carbons (Fsp3) is 0.375. The number of hydrogen-bond acceptors (Lipinski definition) is 10. The van der Waals surface area contributed by atoms with E-state index < -0.39 is 60.0 Å². The summed E-state index contributed by atoms with van der Waals surface area (Å²) in [5, 5.41) is 10.4. The maximum Gasteiger partial charge on any atom is 0.355 e. The summed E-state index contributed by atoms with van der Waals surface area (Å²) in [6.07, 6.45) is -0.915. The Kier molecular flexibility index (Phi) is 7.46. The van der Waals surface area contributed by atoms with Crippen LogP contribution < -0.4 is 5.32 Å². The van der Waals surface area contributed by atoms with Crippen LogP contribution in [-0.2, 0) is 40.6 Å². The Bertz CT molecular complexity index is 1420. The van der Waals surface area contributed by atoms with Crippen molar-refractivity contribution in [1.29, 1.82) is 0 Å².